The number of likely N-dealkylation sites (tertiary alicyclic amines) is 1. The Balaban J connectivity index is 1.75. The fourth-order valence-electron chi connectivity index (χ4n) is 2.51. The van der Waals surface area contributed by atoms with Gasteiger partial charge in [-0.3, -0.25) is 4.90 Å². The van der Waals surface area contributed by atoms with Crippen molar-refractivity contribution in [2.24, 2.45) is 0 Å². The van der Waals surface area contributed by atoms with Crippen LogP contribution >= 0.6 is 27.5 Å². The van der Waals surface area contributed by atoms with E-state index in [1.54, 1.807) is 0 Å². The van der Waals surface area contributed by atoms with Gasteiger partial charge in [-0.2, -0.15) is 0 Å². The Kier molecular flexibility index (Phi) is 6.99. The highest BCUT2D eigenvalue weighted by molar-refractivity contribution is 9.10. The molecule has 1 aromatic carbocycles. The molecule has 0 spiro atoms. The summed E-state index contributed by atoms with van der Waals surface area (Å²) in [6.45, 7) is 5.25. The van der Waals surface area contributed by atoms with Gasteiger partial charge in [0.2, 0.25) is 0 Å². The summed E-state index contributed by atoms with van der Waals surface area (Å²) >= 11 is 9.45. The van der Waals surface area contributed by atoms with E-state index in [0.717, 1.165) is 48.4 Å². The summed E-state index contributed by atoms with van der Waals surface area (Å²) in [5, 5.41) is 3.66. The van der Waals surface area contributed by atoms with Gasteiger partial charge in [-0.15, -0.1) is 0 Å². The predicted octanol–water partition coefficient (Wildman–Crippen LogP) is 4.20. The van der Waals surface area contributed by atoms with Crippen LogP contribution in [0.3, 0.4) is 0 Å². The van der Waals surface area contributed by atoms with Crippen LogP contribution in [0.5, 0.6) is 0 Å². The topological polar surface area (TPSA) is 41.6 Å². The van der Waals surface area contributed by atoms with E-state index in [1.165, 1.54) is 5.56 Å². The van der Waals surface area contributed by atoms with Gasteiger partial charge in [0.25, 0.3) is 0 Å². The van der Waals surface area contributed by atoms with Gasteiger partial charge >= 0.3 is 6.09 Å². The number of hydrogen-bond donors (Lipinski definition) is 1. The van der Waals surface area contributed by atoms with Gasteiger partial charge < -0.3 is 10.1 Å². The Labute approximate surface area is 145 Å². The van der Waals surface area contributed by atoms with Crippen molar-refractivity contribution in [2.45, 2.75) is 38.8 Å². The van der Waals surface area contributed by atoms with Crippen molar-refractivity contribution in [2.75, 3.05) is 19.7 Å². The van der Waals surface area contributed by atoms with Crippen molar-refractivity contribution in [3.05, 3.63) is 33.3 Å². The number of benzene rings is 1. The van der Waals surface area contributed by atoms with E-state index in [1.807, 2.05) is 18.2 Å². The van der Waals surface area contributed by atoms with Crippen molar-refractivity contribution in [3.8, 4) is 0 Å². The molecule has 1 amide bonds. The van der Waals surface area contributed by atoms with E-state index in [0.29, 0.717) is 6.61 Å². The van der Waals surface area contributed by atoms with Gasteiger partial charge in [0.05, 0.1) is 11.6 Å². The smallest absolute Gasteiger partial charge is 0.407 e. The molecule has 122 valence electrons. The van der Waals surface area contributed by atoms with Crippen LogP contribution in [0.4, 0.5) is 4.79 Å². The molecule has 4 nitrogen and oxygen atoms in total. The predicted molar refractivity (Wildman–Crippen MR) is 92.2 cm³/mol. The second-order valence-electron chi connectivity index (χ2n) is 5.60. The van der Waals surface area contributed by atoms with Crippen LogP contribution in [0, 0.1) is 0 Å². The Hall–Kier alpha value is -0.780. The summed E-state index contributed by atoms with van der Waals surface area (Å²) in [5.41, 5.74) is 1.21. The van der Waals surface area contributed by atoms with Crippen LogP contribution in [0.2, 0.25) is 5.02 Å². The number of alkyl carbamates (subject to hydrolysis) is 1. The number of rotatable bonds is 6. The van der Waals surface area contributed by atoms with Crippen molar-refractivity contribution in [1.82, 2.24) is 10.2 Å². The monoisotopic (exact) mass is 388 g/mol. The fourth-order valence-corrected chi connectivity index (χ4v) is 3.05. The summed E-state index contributed by atoms with van der Waals surface area (Å²) in [5.74, 6) is 0. The summed E-state index contributed by atoms with van der Waals surface area (Å²) in [7, 11) is 0. The van der Waals surface area contributed by atoms with Crippen molar-refractivity contribution in [3.63, 3.8) is 0 Å². The number of hydrogen-bond acceptors (Lipinski definition) is 3. The lowest BCUT2D eigenvalue weighted by Gasteiger charge is -2.17. The van der Waals surface area contributed by atoms with Gasteiger partial charge in [-0.1, -0.05) is 31.0 Å². The normalized spacial score (nSPS) is 18.4. The zero-order chi connectivity index (χ0) is 15.9. The van der Waals surface area contributed by atoms with Crippen LogP contribution in [0.15, 0.2) is 22.7 Å². The molecule has 0 aliphatic carbocycles. The lowest BCUT2D eigenvalue weighted by atomic mass is 10.2. The minimum absolute atomic E-state index is 0.171. The van der Waals surface area contributed by atoms with Crippen molar-refractivity contribution < 1.29 is 9.53 Å². The maximum Gasteiger partial charge on any atom is 0.407 e. The van der Waals surface area contributed by atoms with Crippen molar-refractivity contribution in [1.29, 1.82) is 0 Å². The van der Waals surface area contributed by atoms with E-state index in [2.05, 4.69) is 33.1 Å². The average molecular weight is 390 g/mol. The van der Waals surface area contributed by atoms with Crippen LogP contribution in [0.25, 0.3) is 0 Å². The molecule has 0 saturated carbocycles. The molecule has 1 atom stereocenters. The van der Waals surface area contributed by atoms with E-state index in [4.69, 9.17) is 16.3 Å². The lowest BCUT2D eigenvalue weighted by Crippen LogP contribution is -2.37. The Morgan fingerprint density at radius 2 is 2.36 bits per heavy atom. The zero-order valence-corrected chi connectivity index (χ0v) is 15.1. The minimum atomic E-state index is -0.297. The molecule has 1 N–H and O–H groups in total. The van der Waals surface area contributed by atoms with Gasteiger partial charge in [0.1, 0.15) is 0 Å². The van der Waals surface area contributed by atoms with Gasteiger partial charge in [-0.05, 0) is 46.5 Å². The molecule has 1 fully saturated rings. The number of nitrogens with one attached hydrogen (secondary N) is 1. The second kappa shape index (κ2) is 8.75. The molecule has 1 saturated heterocycles. The molecule has 1 aliphatic heterocycles. The summed E-state index contributed by atoms with van der Waals surface area (Å²) in [6.07, 6.45) is 2.60. The molecule has 22 heavy (non-hydrogen) atoms. The first-order chi connectivity index (χ1) is 10.6. The molecule has 0 bridgehead atoms. The van der Waals surface area contributed by atoms with E-state index in [-0.39, 0.29) is 12.1 Å². The summed E-state index contributed by atoms with van der Waals surface area (Å²) in [4.78, 5) is 14.0. The molecule has 0 unspecified atom stereocenters. The van der Waals surface area contributed by atoms with E-state index < -0.39 is 0 Å². The number of halogens is 2. The molecule has 1 aromatic rings. The van der Waals surface area contributed by atoms with Gasteiger partial charge in [0.15, 0.2) is 0 Å². The number of nitrogens with zero attached hydrogens (tertiary/aromatic N) is 1. The van der Waals surface area contributed by atoms with Crippen LogP contribution in [-0.2, 0) is 11.3 Å². The maximum absolute atomic E-state index is 11.6. The first-order valence-corrected chi connectivity index (χ1v) is 8.85. The van der Waals surface area contributed by atoms with Crippen molar-refractivity contribution >= 4 is 33.6 Å². The highest BCUT2D eigenvalue weighted by Crippen LogP contribution is 2.24. The summed E-state index contributed by atoms with van der Waals surface area (Å²) in [6, 6.07) is 6.15. The van der Waals surface area contributed by atoms with Crippen LogP contribution in [-0.4, -0.2) is 36.7 Å². The Morgan fingerprint density at radius 3 is 3.09 bits per heavy atom. The Morgan fingerprint density at radius 1 is 1.55 bits per heavy atom. The van der Waals surface area contributed by atoms with Gasteiger partial charge in [-0.25, -0.2) is 4.79 Å². The van der Waals surface area contributed by atoms with Crippen LogP contribution in [0.1, 0.15) is 31.7 Å². The number of amides is 1. The first-order valence-electron chi connectivity index (χ1n) is 7.68. The quantitative estimate of drug-likeness (QED) is 0.741. The highest BCUT2D eigenvalue weighted by Gasteiger charge is 2.24. The van der Waals surface area contributed by atoms with E-state index >= 15 is 0 Å². The third-order valence-corrected chi connectivity index (χ3v) is 4.93. The number of carbonyl (C=O) groups excluding carboxylic acids is 1. The number of carbonyl (C=O) groups is 1. The molecule has 0 aromatic heterocycles. The fraction of sp³-hybridized carbons (Fsp3) is 0.562. The maximum atomic E-state index is 11.6. The number of ether oxygens (including phenoxy) is 1. The van der Waals surface area contributed by atoms with Gasteiger partial charge in [0, 0.05) is 30.1 Å². The van der Waals surface area contributed by atoms with Crippen LogP contribution < -0.4 is 5.32 Å². The molecule has 2 rings (SSSR count). The summed E-state index contributed by atoms with van der Waals surface area (Å²) < 4.78 is 6.05. The molecule has 1 aliphatic rings. The molecule has 1 heterocycles. The SMILES string of the molecule is CCCCOC(=O)N[C@H]1CCN(Cc2ccc(Cl)c(Br)c2)C1. The first kappa shape index (κ1) is 17.6. The largest absolute Gasteiger partial charge is 0.450 e. The molecule has 0 radical (unpaired) electrons. The van der Waals surface area contributed by atoms with E-state index in [9.17, 15) is 4.79 Å². The highest BCUT2D eigenvalue weighted by atomic mass is 79.9. The lowest BCUT2D eigenvalue weighted by molar-refractivity contribution is 0.140. The third-order valence-electron chi connectivity index (χ3n) is 3.72. The molecular weight excluding hydrogens is 368 g/mol. The second-order valence-corrected chi connectivity index (χ2v) is 6.86. The standard InChI is InChI=1S/C16H22BrClN2O2/c1-2-3-8-22-16(21)19-13-6-7-20(11-13)10-12-4-5-15(18)14(17)9-12/h4-5,9,13H,2-3,6-8,10-11H2,1H3,(H,19,21)/t13-/m0/s1. The average Bonchev–Trinajstić information content (AvgIpc) is 2.90. The number of unbranched alkanes of at least 4 members (excludes halogenated alkanes) is 1. The minimum Gasteiger partial charge on any atom is -0.450 e. The molecule has 6 heteroatoms. The Bertz CT molecular complexity index is 513. The molecular formula is C16H22BrClN2O2. The third kappa shape index (κ3) is 5.45. The zero-order valence-electron chi connectivity index (χ0n) is 12.8.